The van der Waals surface area contributed by atoms with Crippen molar-refractivity contribution in [2.45, 2.75) is 38.6 Å². The maximum absolute atomic E-state index is 10.0. The number of nitroso groups, excluding NO2 is 1. The maximum Gasteiger partial charge on any atom is 0.110 e. The van der Waals surface area contributed by atoms with Crippen molar-refractivity contribution in [2.24, 2.45) is 5.18 Å². The Balaban J connectivity index is 3.25. The topological polar surface area (TPSA) is 29.4 Å². The van der Waals surface area contributed by atoms with E-state index in [-0.39, 0.29) is 6.04 Å². The van der Waals surface area contributed by atoms with Crippen molar-refractivity contribution in [3.05, 3.63) is 17.6 Å². The minimum Gasteiger partial charge on any atom is -0.150 e. The quantitative estimate of drug-likeness (QED) is 0.317. The summed E-state index contributed by atoms with van der Waals surface area (Å²) in [5.41, 5.74) is 0. The van der Waals surface area contributed by atoms with Crippen LogP contribution in [0.4, 0.5) is 0 Å². The van der Waals surface area contributed by atoms with Gasteiger partial charge >= 0.3 is 0 Å². The number of rotatable bonds is 6. The molecule has 0 bridgehead atoms. The molecule has 0 aromatic rings. The zero-order chi connectivity index (χ0) is 7.82. The molecule has 0 fully saturated rings. The molecule has 10 heavy (non-hydrogen) atoms. The van der Waals surface area contributed by atoms with Crippen molar-refractivity contribution in [1.29, 1.82) is 0 Å². The Morgan fingerprint density at radius 3 is 2.70 bits per heavy atom. The van der Waals surface area contributed by atoms with Gasteiger partial charge in [0, 0.05) is 0 Å². The third kappa shape index (κ3) is 4.24. The Hall–Kier alpha value is -0.660. The van der Waals surface area contributed by atoms with Crippen molar-refractivity contribution in [2.75, 3.05) is 0 Å². The second kappa shape index (κ2) is 6.46. The van der Waals surface area contributed by atoms with Gasteiger partial charge in [0.1, 0.15) is 6.04 Å². The smallest absolute Gasteiger partial charge is 0.110 e. The fourth-order valence-electron chi connectivity index (χ4n) is 0.817. The minimum absolute atomic E-state index is 0.161. The van der Waals surface area contributed by atoms with E-state index in [9.17, 15) is 4.91 Å². The summed E-state index contributed by atoms with van der Waals surface area (Å²) in [7, 11) is 0. The Bertz CT molecular complexity index is 93.4. The molecular weight excluding hydrogens is 126 g/mol. The lowest BCUT2D eigenvalue weighted by Gasteiger charge is -2.00. The van der Waals surface area contributed by atoms with Gasteiger partial charge in [0.25, 0.3) is 0 Å². The molecule has 0 amide bonds. The normalized spacial score (nSPS) is 12.5. The second-order valence-corrected chi connectivity index (χ2v) is 2.40. The zero-order valence-corrected chi connectivity index (χ0v) is 6.55. The van der Waals surface area contributed by atoms with E-state index in [0.29, 0.717) is 0 Å². The van der Waals surface area contributed by atoms with Gasteiger partial charge in [-0.05, 0) is 6.42 Å². The summed E-state index contributed by atoms with van der Waals surface area (Å²) in [5.74, 6) is 0. The third-order valence-electron chi connectivity index (χ3n) is 1.51. The maximum atomic E-state index is 10.0. The summed E-state index contributed by atoms with van der Waals surface area (Å²) in [5, 5.41) is 2.91. The van der Waals surface area contributed by atoms with Crippen molar-refractivity contribution < 1.29 is 0 Å². The molecule has 0 radical (unpaired) electrons. The van der Waals surface area contributed by atoms with Crippen LogP contribution in [0.2, 0.25) is 0 Å². The Kier molecular flexibility index (Phi) is 6.03. The molecule has 0 aliphatic heterocycles. The monoisotopic (exact) mass is 141 g/mol. The molecule has 0 aliphatic carbocycles. The molecule has 0 saturated heterocycles. The standard InChI is InChI=1S/C8H15NO/c1-3-5-6-7-8(4-2)9-10/h4,8H,2-3,5-7H2,1H3. The van der Waals surface area contributed by atoms with E-state index in [0.717, 1.165) is 12.8 Å². The molecule has 58 valence electrons. The number of nitrogens with zero attached hydrogens (tertiary/aromatic N) is 1. The Morgan fingerprint density at radius 2 is 2.30 bits per heavy atom. The van der Waals surface area contributed by atoms with Crippen LogP contribution in [0.25, 0.3) is 0 Å². The highest BCUT2D eigenvalue weighted by molar-refractivity contribution is 4.84. The van der Waals surface area contributed by atoms with Crippen LogP contribution in [-0.2, 0) is 0 Å². The first-order chi connectivity index (χ1) is 4.85. The molecule has 0 N–H and O–H groups in total. The van der Waals surface area contributed by atoms with Gasteiger partial charge in [0.15, 0.2) is 0 Å². The second-order valence-electron chi connectivity index (χ2n) is 2.40. The average Bonchev–Trinajstić information content (AvgIpc) is 1.99. The average molecular weight is 141 g/mol. The highest BCUT2D eigenvalue weighted by Crippen LogP contribution is 2.06. The zero-order valence-electron chi connectivity index (χ0n) is 6.55. The van der Waals surface area contributed by atoms with Crippen molar-refractivity contribution >= 4 is 0 Å². The number of hydrogen-bond donors (Lipinski definition) is 0. The van der Waals surface area contributed by atoms with Crippen LogP contribution in [0, 0.1) is 4.91 Å². The molecule has 0 aromatic carbocycles. The van der Waals surface area contributed by atoms with Crippen LogP contribution in [0.5, 0.6) is 0 Å². The lowest BCUT2D eigenvalue weighted by Crippen LogP contribution is -1.97. The SMILES string of the molecule is C=CC(CCCCC)N=O. The Morgan fingerprint density at radius 1 is 1.60 bits per heavy atom. The molecule has 0 heterocycles. The van der Waals surface area contributed by atoms with E-state index in [1.54, 1.807) is 6.08 Å². The summed E-state index contributed by atoms with van der Waals surface area (Å²) in [6.07, 6.45) is 5.92. The van der Waals surface area contributed by atoms with E-state index < -0.39 is 0 Å². The lowest BCUT2D eigenvalue weighted by atomic mass is 10.1. The summed E-state index contributed by atoms with van der Waals surface area (Å²) < 4.78 is 0. The fraction of sp³-hybridized carbons (Fsp3) is 0.750. The van der Waals surface area contributed by atoms with Crippen LogP contribution in [0.3, 0.4) is 0 Å². The molecule has 0 rings (SSSR count). The van der Waals surface area contributed by atoms with Gasteiger partial charge in [-0.25, -0.2) is 0 Å². The fourth-order valence-corrected chi connectivity index (χ4v) is 0.817. The first kappa shape index (κ1) is 9.34. The van der Waals surface area contributed by atoms with E-state index in [1.165, 1.54) is 12.8 Å². The molecule has 1 atom stereocenters. The Labute approximate surface area is 62.3 Å². The van der Waals surface area contributed by atoms with E-state index in [2.05, 4.69) is 18.7 Å². The van der Waals surface area contributed by atoms with Gasteiger partial charge in [0.2, 0.25) is 0 Å². The third-order valence-corrected chi connectivity index (χ3v) is 1.51. The summed E-state index contributed by atoms with van der Waals surface area (Å²) in [6, 6.07) is -0.161. The number of hydrogen-bond acceptors (Lipinski definition) is 2. The summed E-state index contributed by atoms with van der Waals surface area (Å²) in [6.45, 7) is 5.65. The summed E-state index contributed by atoms with van der Waals surface area (Å²) in [4.78, 5) is 10.0. The molecule has 0 aromatic heterocycles. The first-order valence-electron chi connectivity index (χ1n) is 3.80. The summed E-state index contributed by atoms with van der Waals surface area (Å²) >= 11 is 0. The van der Waals surface area contributed by atoms with Crippen LogP contribution in [0.15, 0.2) is 17.8 Å². The van der Waals surface area contributed by atoms with Gasteiger partial charge in [-0.2, -0.15) is 4.91 Å². The predicted molar refractivity (Wildman–Crippen MR) is 43.9 cm³/mol. The van der Waals surface area contributed by atoms with E-state index >= 15 is 0 Å². The molecule has 2 heteroatoms. The molecular formula is C8H15NO. The van der Waals surface area contributed by atoms with Crippen LogP contribution in [0.1, 0.15) is 32.6 Å². The highest BCUT2D eigenvalue weighted by Gasteiger charge is 2.00. The van der Waals surface area contributed by atoms with Crippen LogP contribution in [-0.4, -0.2) is 6.04 Å². The van der Waals surface area contributed by atoms with Crippen molar-refractivity contribution in [3.63, 3.8) is 0 Å². The molecule has 2 nitrogen and oxygen atoms in total. The van der Waals surface area contributed by atoms with E-state index in [4.69, 9.17) is 0 Å². The van der Waals surface area contributed by atoms with Gasteiger partial charge in [0.05, 0.1) is 0 Å². The number of unbranched alkanes of at least 4 members (excludes halogenated alkanes) is 2. The molecule has 0 saturated carbocycles. The van der Waals surface area contributed by atoms with Gasteiger partial charge in [-0.3, -0.25) is 0 Å². The highest BCUT2D eigenvalue weighted by atomic mass is 16.3. The first-order valence-corrected chi connectivity index (χ1v) is 3.80. The van der Waals surface area contributed by atoms with Gasteiger partial charge in [-0.1, -0.05) is 37.4 Å². The van der Waals surface area contributed by atoms with Crippen LogP contribution < -0.4 is 0 Å². The predicted octanol–water partition coefficient (Wildman–Crippen LogP) is 2.89. The van der Waals surface area contributed by atoms with Crippen molar-refractivity contribution in [3.8, 4) is 0 Å². The van der Waals surface area contributed by atoms with Gasteiger partial charge < -0.3 is 0 Å². The van der Waals surface area contributed by atoms with Crippen LogP contribution >= 0.6 is 0 Å². The lowest BCUT2D eigenvalue weighted by molar-refractivity contribution is 0.622. The van der Waals surface area contributed by atoms with E-state index in [1.807, 2.05) is 0 Å². The largest absolute Gasteiger partial charge is 0.150 e. The van der Waals surface area contributed by atoms with Crippen molar-refractivity contribution in [1.82, 2.24) is 0 Å². The molecule has 0 aliphatic rings. The molecule has 0 spiro atoms. The minimum atomic E-state index is -0.161. The molecule has 1 unspecified atom stereocenters. The van der Waals surface area contributed by atoms with Gasteiger partial charge in [-0.15, -0.1) is 6.58 Å².